The zero-order valence-corrected chi connectivity index (χ0v) is 39.7. The first-order valence-electron chi connectivity index (χ1n) is 22.6. The third-order valence-corrected chi connectivity index (χ3v) is 10.8. The first-order chi connectivity index (χ1) is 33.4. The van der Waals surface area contributed by atoms with Gasteiger partial charge in [0.15, 0.2) is 17.3 Å². The molecule has 0 aliphatic carbocycles. The highest BCUT2D eigenvalue weighted by atomic mass is 19.4. The Balaban J connectivity index is 0.00000141. The number of pyridine rings is 1. The Morgan fingerprint density at radius 2 is 1.33 bits per heavy atom. The number of hydrogen-bond acceptors (Lipinski definition) is 8. The van der Waals surface area contributed by atoms with Crippen LogP contribution in [0.2, 0.25) is 0 Å². The summed E-state index contributed by atoms with van der Waals surface area (Å²) < 4.78 is 33.8. The molecule has 0 fully saturated rings. The van der Waals surface area contributed by atoms with Crippen LogP contribution in [0.3, 0.4) is 0 Å². The highest BCUT2D eigenvalue weighted by Crippen LogP contribution is 2.25. The molecule has 0 bridgehead atoms. The normalized spacial score (nSPS) is 12.0. The summed E-state index contributed by atoms with van der Waals surface area (Å²) >= 11 is 0. The standard InChI is InChI=1S/C51H60N8O4.C2HF3O2/c1-37-34-41(17-12-11-16-39-23-27-44(28-24-39)58(3)4)35-38(2)59(37)33-14-13-31-54-51(63)57-50(52)53-32-15-22-46(48(61)55-36-40-25-29-45(60)30-26-40)56-49(62)47(42-18-7-5-8-19-42)43-20-9-6-10-21-43;3-2(4,5)1(6)7/h5-12,16-21,23-30,34-35,46-47H,13-15,22,31-33,36H2,1-4H3,(H6-,52,53,54,55,56,57,60,61,62,63);(H,6,7)/t46-;/m1./s1. The largest absolute Gasteiger partial charge is 0.542 e. The average molecular weight is 963 g/mol. The smallest absolute Gasteiger partial charge is 0.430 e. The number of aliphatic imine (C=N–C) groups is 1. The van der Waals surface area contributed by atoms with Crippen LogP contribution in [-0.2, 0) is 27.5 Å². The van der Waals surface area contributed by atoms with Crippen LogP contribution in [0.25, 0.3) is 12.2 Å². The lowest BCUT2D eigenvalue weighted by molar-refractivity contribution is -0.708. The van der Waals surface area contributed by atoms with Gasteiger partial charge in [-0.05, 0) is 71.3 Å². The maximum absolute atomic E-state index is 13.9. The van der Waals surface area contributed by atoms with Gasteiger partial charge in [0.1, 0.15) is 24.3 Å². The van der Waals surface area contributed by atoms with Crippen LogP contribution in [0, 0.1) is 13.8 Å². The number of phenols is 1. The summed E-state index contributed by atoms with van der Waals surface area (Å²) in [7, 11) is 4.07. The Hall–Kier alpha value is -7.95. The number of carboxylic acid groups (broad SMARTS) is 1. The number of aryl methyl sites for hydroxylation is 2. The van der Waals surface area contributed by atoms with Gasteiger partial charge in [0, 0.05) is 71.8 Å². The number of nitrogens with zero attached hydrogens (tertiary/aromatic N) is 3. The van der Waals surface area contributed by atoms with Crippen molar-refractivity contribution in [3.63, 3.8) is 0 Å². The van der Waals surface area contributed by atoms with Crippen molar-refractivity contribution in [2.75, 3.05) is 32.1 Å². The first-order valence-corrected chi connectivity index (χ1v) is 22.6. The lowest BCUT2D eigenvalue weighted by atomic mass is 9.90. The van der Waals surface area contributed by atoms with E-state index in [1.54, 1.807) is 24.3 Å². The molecule has 0 saturated carbocycles. The quantitative estimate of drug-likeness (QED) is 0.0174. The Bertz CT molecular complexity index is 2490. The number of hydrogen-bond donors (Lipinski definition) is 6. The molecule has 0 saturated heterocycles. The number of carbonyl (C=O) groups is 4. The Kier molecular flexibility index (Phi) is 21.7. The second-order valence-electron chi connectivity index (χ2n) is 16.4. The lowest BCUT2D eigenvalue weighted by Crippen LogP contribution is -2.48. The number of phenolic OH excluding ortho intramolecular Hbond substituents is 1. The molecule has 17 heteroatoms. The van der Waals surface area contributed by atoms with Crippen molar-refractivity contribution in [1.29, 1.82) is 0 Å². The molecule has 1 atom stereocenters. The van der Waals surface area contributed by atoms with Gasteiger partial charge in [-0.25, -0.2) is 9.36 Å². The number of carboxylic acids is 1. The molecule has 1 aromatic heterocycles. The van der Waals surface area contributed by atoms with Gasteiger partial charge in [0.25, 0.3) is 0 Å². The van der Waals surface area contributed by atoms with Crippen LogP contribution in [0.15, 0.2) is 138 Å². The fourth-order valence-electron chi connectivity index (χ4n) is 7.15. The predicted molar refractivity (Wildman–Crippen MR) is 264 cm³/mol. The third-order valence-electron chi connectivity index (χ3n) is 10.8. The van der Waals surface area contributed by atoms with Crippen molar-refractivity contribution < 1.29 is 47.1 Å². The van der Waals surface area contributed by atoms with E-state index in [-0.39, 0.29) is 43.0 Å². The number of amides is 4. The van der Waals surface area contributed by atoms with Gasteiger partial charge in [-0.1, -0.05) is 109 Å². The zero-order valence-electron chi connectivity index (χ0n) is 39.7. The number of aliphatic carboxylic acids is 1. The topological polar surface area (TPSA) is 205 Å². The number of aromatic hydroxyl groups is 1. The number of guanidine groups is 1. The molecule has 4 aromatic carbocycles. The molecule has 1 heterocycles. The number of aromatic nitrogens is 1. The summed E-state index contributed by atoms with van der Waals surface area (Å²) in [5.74, 6) is -4.21. The van der Waals surface area contributed by atoms with E-state index < -0.39 is 30.1 Å². The number of halogens is 3. The van der Waals surface area contributed by atoms with Gasteiger partial charge >= 0.3 is 12.2 Å². The molecule has 7 N–H and O–H groups in total. The van der Waals surface area contributed by atoms with E-state index >= 15 is 0 Å². The Morgan fingerprint density at radius 3 is 1.87 bits per heavy atom. The molecule has 0 spiro atoms. The number of nitrogens with two attached hydrogens (primary N) is 1. The third kappa shape index (κ3) is 19.0. The first kappa shape index (κ1) is 54.7. The summed E-state index contributed by atoms with van der Waals surface area (Å²) in [6.45, 7) is 5.95. The number of rotatable bonds is 20. The van der Waals surface area contributed by atoms with Crippen LogP contribution in [-0.4, -0.2) is 74.3 Å². The minimum atomic E-state index is -5.19. The summed E-state index contributed by atoms with van der Waals surface area (Å²) in [5.41, 5.74) is 14.2. The molecule has 70 heavy (non-hydrogen) atoms. The van der Waals surface area contributed by atoms with Crippen molar-refractivity contribution in [2.24, 2.45) is 10.7 Å². The van der Waals surface area contributed by atoms with E-state index in [0.717, 1.165) is 47.2 Å². The maximum atomic E-state index is 13.9. The van der Waals surface area contributed by atoms with Gasteiger partial charge in [-0.15, -0.1) is 0 Å². The molecule has 0 radical (unpaired) electrons. The van der Waals surface area contributed by atoms with E-state index in [0.29, 0.717) is 13.0 Å². The number of alkyl halides is 3. The highest BCUT2D eigenvalue weighted by molar-refractivity contribution is 5.95. The van der Waals surface area contributed by atoms with Gasteiger partial charge in [0.2, 0.25) is 11.8 Å². The van der Waals surface area contributed by atoms with E-state index in [1.807, 2.05) is 74.8 Å². The van der Waals surface area contributed by atoms with Gasteiger partial charge in [0.05, 0.1) is 5.92 Å². The monoisotopic (exact) mass is 962 g/mol. The summed E-state index contributed by atoms with van der Waals surface area (Å²) in [4.78, 5) is 55.3. The molecule has 5 rings (SSSR count). The highest BCUT2D eigenvalue weighted by Gasteiger charge is 2.29. The Morgan fingerprint density at radius 1 is 0.771 bits per heavy atom. The van der Waals surface area contributed by atoms with Crippen LogP contribution in [0.1, 0.15) is 70.8 Å². The molecule has 0 unspecified atom stereocenters. The molecule has 0 aliphatic rings. The molecular weight excluding hydrogens is 902 g/mol. The van der Waals surface area contributed by atoms with Crippen molar-refractivity contribution in [2.45, 2.75) is 70.8 Å². The molecule has 370 valence electrons. The van der Waals surface area contributed by atoms with E-state index in [1.165, 1.54) is 17.1 Å². The predicted octanol–water partition coefficient (Wildman–Crippen LogP) is 6.20. The minimum absolute atomic E-state index is 0.0387. The number of benzene rings is 4. The number of anilines is 1. The second kappa shape index (κ2) is 27.8. The van der Waals surface area contributed by atoms with Gasteiger partial charge < -0.3 is 41.6 Å². The number of urea groups is 1. The van der Waals surface area contributed by atoms with Crippen molar-refractivity contribution in [3.05, 3.63) is 173 Å². The van der Waals surface area contributed by atoms with Crippen LogP contribution in [0.5, 0.6) is 5.75 Å². The van der Waals surface area contributed by atoms with Crippen molar-refractivity contribution in [3.8, 4) is 5.75 Å². The number of allylic oxidation sites excluding steroid dienone is 2. The molecule has 4 amide bonds. The summed E-state index contributed by atoms with van der Waals surface area (Å²) in [6, 6.07) is 36.9. The van der Waals surface area contributed by atoms with Gasteiger partial charge in [-0.2, -0.15) is 13.2 Å². The van der Waals surface area contributed by atoms with Gasteiger partial charge in [-0.3, -0.25) is 19.9 Å². The molecule has 14 nitrogen and oxygen atoms in total. The van der Waals surface area contributed by atoms with E-state index in [9.17, 15) is 32.7 Å². The van der Waals surface area contributed by atoms with Crippen molar-refractivity contribution >= 4 is 47.6 Å². The Labute approximate surface area is 406 Å². The van der Waals surface area contributed by atoms with Crippen molar-refractivity contribution in [1.82, 2.24) is 21.3 Å². The summed E-state index contributed by atoms with van der Waals surface area (Å²) in [5, 5.41) is 29.8. The zero-order chi connectivity index (χ0) is 51.1. The average Bonchev–Trinajstić information content (AvgIpc) is 3.32. The number of nitrogens with one attached hydrogen (secondary N) is 4. The SMILES string of the molecule is Cc1cc(/C=C/C=C/c2ccc(N(C)C)cc2)cc(C)[n+]1CCCCNC(=O)NC(N)=NCCC[C@@H](NC(=O)C(c1ccccc1)c1ccccc1)C(=O)NCc1ccc(O)cc1.O=C([O-])C(F)(F)F. The van der Waals surface area contributed by atoms with Crippen LogP contribution >= 0.6 is 0 Å². The second-order valence-corrected chi connectivity index (χ2v) is 16.4. The van der Waals surface area contributed by atoms with Crippen LogP contribution < -0.4 is 41.6 Å². The minimum Gasteiger partial charge on any atom is -0.542 e. The maximum Gasteiger partial charge on any atom is 0.430 e. The molecule has 0 aliphatic heterocycles. The number of unbranched alkanes of at least 4 members (excludes halogenated alkanes) is 1. The van der Waals surface area contributed by atoms with E-state index in [4.69, 9.17) is 15.6 Å². The van der Waals surface area contributed by atoms with E-state index in [2.05, 4.69) is 110 Å². The molecule has 5 aromatic rings. The fourth-order valence-corrected chi connectivity index (χ4v) is 7.15. The lowest BCUT2D eigenvalue weighted by Gasteiger charge is -2.23. The summed E-state index contributed by atoms with van der Waals surface area (Å²) in [6.07, 6.45) is 5.44. The molecular formula is C53H61F3N8O6. The number of carbonyl (C=O) groups excluding carboxylic acids is 4. The fraction of sp³-hybridized carbons (Fsp3) is 0.283. The van der Waals surface area contributed by atoms with Crippen LogP contribution in [0.4, 0.5) is 23.7 Å².